The number of ether oxygens (including phenoxy) is 2. The van der Waals surface area contributed by atoms with Crippen LogP contribution in [0, 0.1) is 16.7 Å². The maximum Gasteiger partial charge on any atom is 0.326 e. The fourth-order valence-corrected chi connectivity index (χ4v) is 1.34. The molecule has 0 aliphatic carbocycles. The standard InChI is InChI=1S/C10H15NO4/c1-4-5-10(7-11,9(13)15-3)6-8(12)14-2/h4-6H2,1-3H3. The predicted octanol–water partition coefficient (Wildman–Crippen LogP) is 1.03. The van der Waals surface area contributed by atoms with Crippen LogP contribution in [-0.4, -0.2) is 26.2 Å². The molecule has 15 heavy (non-hydrogen) atoms. The van der Waals surface area contributed by atoms with Crippen LogP contribution in [0.5, 0.6) is 0 Å². The van der Waals surface area contributed by atoms with E-state index in [0.29, 0.717) is 6.42 Å². The molecule has 0 saturated heterocycles. The van der Waals surface area contributed by atoms with Crippen molar-refractivity contribution in [3.05, 3.63) is 0 Å². The van der Waals surface area contributed by atoms with Gasteiger partial charge in [-0.05, 0) is 6.42 Å². The molecule has 0 spiro atoms. The van der Waals surface area contributed by atoms with Gasteiger partial charge in [-0.25, -0.2) is 0 Å². The monoisotopic (exact) mass is 213 g/mol. The molecule has 0 aliphatic rings. The Kier molecular flexibility index (Phi) is 5.39. The molecule has 0 aromatic carbocycles. The summed E-state index contributed by atoms with van der Waals surface area (Å²) in [5.74, 6) is -1.27. The van der Waals surface area contributed by atoms with E-state index in [1.807, 2.05) is 13.0 Å². The first-order chi connectivity index (χ1) is 7.06. The summed E-state index contributed by atoms with van der Waals surface area (Å²) < 4.78 is 8.99. The van der Waals surface area contributed by atoms with Crippen LogP contribution >= 0.6 is 0 Å². The number of hydrogen-bond donors (Lipinski definition) is 0. The van der Waals surface area contributed by atoms with E-state index in [1.165, 1.54) is 14.2 Å². The van der Waals surface area contributed by atoms with Crippen LogP contribution in [0.3, 0.4) is 0 Å². The number of hydrogen-bond acceptors (Lipinski definition) is 5. The Labute approximate surface area is 89.0 Å². The van der Waals surface area contributed by atoms with Gasteiger partial charge in [-0.3, -0.25) is 9.59 Å². The summed E-state index contributed by atoms with van der Waals surface area (Å²) in [6.45, 7) is 1.83. The first kappa shape index (κ1) is 13.4. The average molecular weight is 213 g/mol. The van der Waals surface area contributed by atoms with Crippen molar-refractivity contribution in [2.24, 2.45) is 5.41 Å². The molecular formula is C10H15NO4. The maximum absolute atomic E-state index is 11.5. The van der Waals surface area contributed by atoms with Gasteiger partial charge in [-0.2, -0.15) is 5.26 Å². The lowest BCUT2D eigenvalue weighted by Gasteiger charge is -2.21. The van der Waals surface area contributed by atoms with Crippen LogP contribution < -0.4 is 0 Å². The largest absolute Gasteiger partial charge is 0.469 e. The van der Waals surface area contributed by atoms with Gasteiger partial charge in [0.1, 0.15) is 0 Å². The van der Waals surface area contributed by atoms with E-state index >= 15 is 0 Å². The van der Waals surface area contributed by atoms with Crippen LogP contribution in [-0.2, 0) is 19.1 Å². The Hall–Kier alpha value is -1.57. The molecule has 0 aromatic rings. The second kappa shape index (κ2) is 6.02. The highest BCUT2D eigenvalue weighted by atomic mass is 16.5. The van der Waals surface area contributed by atoms with Crippen molar-refractivity contribution >= 4 is 11.9 Å². The summed E-state index contributed by atoms with van der Waals surface area (Å²) in [5.41, 5.74) is -1.41. The molecule has 0 rings (SSSR count). The van der Waals surface area contributed by atoms with E-state index in [1.54, 1.807) is 0 Å². The Morgan fingerprint density at radius 2 is 1.93 bits per heavy atom. The molecule has 0 saturated carbocycles. The fourth-order valence-electron chi connectivity index (χ4n) is 1.34. The Morgan fingerprint density at radius 1 is 1.33 bits per heavy atom. The van der Waals surface area contributed by atoms with Gasteiger partial charge >= 0.3 is 11.9 Å². The molecule has 0 bridgehead atoms. The lowest BCUT2D eigenvalue weighted by atomic mass is 9.81. The smallest absolute Gasteiger partial charge is 0.326 e. The molecule has 1 unspecified atom stereocenters. The third-order valence-corrected chi connectivity index (χ3v) is 2.14. The van der Waals surface area contributed by atoms with Crippen molar-refractivity contribution in [1.82, 2.24) is 0 Å². The lowest BCUT2D eigenvalue weighted by molar-refractivity contribution is -0.156. The third-order valence-electron chi connectivity index (χ3n) is 2.14. The van der Waals surface area contributed by atoms with Crippen LogP contribution in [0.15, 0.2) is 0 Å². The second-order valence-electron chi connectivity index (χ2n) is 3.19. The van der Waals surface area contributed by atoms with Crippen molar-refractivity contribution in [3.8, 4) is 6.07 Å². The number of esters is 2. The third kappa shape index (κ3) is 3.24. The number of rotatable bonds is 5. The van der Waals surface area contributed by atoms with Crippen LogP contribution in [0.1, 0.15) is 26.2 Å². The first-order valence-electron chi connectivity index (χ1n) is 4.62. The lowest BCUT2D eigenvalue weighted by Crippen LogP contribution is -2.33. The molecule has 0 fully saturated rings. The molecule has 0 N–H and O–H groups in total. The highest BCUT2D eigenvalue weighted by Crippen LogP contribution is 2.29. The number of carbonyl (C=O) groups is 2. The van der Waals surface area contributed by atoms with Crippen molar-refractivity contribution < 1.29 is 19.1 Å². The summed E-state index contributed by atoms with van der Waals surface area (Å²) in [5, 5.41) is 8.99. The first-order valence-corrected chi connectivity index (χ1v) is 4.62. The van der Waals surface area contributed by atoms with Crippen molar-refractivity contribution in [2.45, 2.75) is 26.2 Å². The van der Waals surface area contributed by atoms with Crippen LogP contribution in [0.2, 0.25) is 0 Å². The molecule has 5 heteroatoms. The Bertz CT molecular complexity index is 282. The van der Waals surface area contributed by atoms with Crippen molar-refractivity contribution in [1.29, 1.82) is 5.26 Å². The number of nitrogens with zero attached hydrogens (tertiary/aromatic N) is 1. The van der Waals surface area contributed by atoms with Crippen LogP contribution in [0.4, 0.5) is 0 Å². The quantitative estimate of drug-likeness (QED) is 0.637. The van der Waals surface area contributed by atoms with Crippen molar-refractivity contribution in [3.63, 3.8) is 0 Å². The zero-order valence-electron chi connectivity index (χ0n) is 9.20. The summed E-state index contributed by atoms with van der Waals surface area (Å²) in [6, 6.07) is 1.86. The van der Waals surface area contributed by atoms with Crippen molar-refractivity contribution in [2.75, 3.05) is 14.2 Å². The highest BCUT2D eigenvalue weighted by Gasteiger charge is 2.41. The minimum absolute atomic E-state index is 0.263. The molecular weight excluding hydrogens is 198 g/mol. The Morgan fingerprint density at radius 3 is 2.27 bits per heavy atom. The molecule has 0 aliphatic heterocycles. The molecule has 0 radical (unpaired) electrons. The molecule has 84 valence electrons. The number of methoxy groups -OCH3 is 2. The molecule has 0 aromatic heterocycles. The topological polar surface area (TPSA) is 76.4 Å². The molecule has 0 heterocycles. The van der Waals surface area contributed by atoms with E-state index in [0.717, 1.165) is 0 Å². The summed E-state index contributed by atoms with van der Waals surface area (Å²) in [6.07, 6.45) is 0.630. The van der Waals surface area contributed by atoms with E-state index in [-0.39, 0.29) is 12.8 Å². The van der Waals surface area contributed by atoms with Gasteiger partial charge in [0.2, 0.25) is 0 Å². The fraction of sp³-hybridized carbons (Fsp3) is 0.700. The molecule has 1 atom stereocenters. The molecule has 5 nitrogen and oxygen atoms in total. The van der Waals surface area contributed by atoms with Gasteiger partial charge in [0.05, 0.1) is 26.7 Å². The zero-order chi connectivity index (χ0) is 11.9. The molecule has 0 amide bonds. The van der Waals surface area contributed by atoms with Crippen LogP contribution in [0.25, 0.3) is 0 Å². The zero-order valence-corrected chi connectivity index (χ0v) is 9.20. The van der Waals surface area contributed by atoms with E-state index in [2.05, 4.69) is 9.47 Å². The van der Waals surface area contributed by atoms with E-state index < -0.39 is 17.4 Å². The second-order valence-corrected chi connectivity index (χ2v) is 3.19. The summed E-state index contributed by atoms with van der Waals surface area (Å²) in [7, 11) is 2.41. The van der Waals surface area contributed by atoms with E-state index in [4.69, 9.17) is 5.26 Å². The number of carbonyl (C=O) groups excluding carboxylic acids is 2. The van der Waals surface area contributed by atoms with Gasteiger partial charge < -0.3 is 9.47 Å². The van der Waals surface area contributed by atoms with Gasteiger partial charge in [-0.15, -0.1) is 0 Å². The van der Waals surface area contributed by atoms with Gasteiger partial charge in [0.25, 0.3) is 0 Å². The normalized spacial score (nSPS) is 13.5. The summed E-state index contributed by atoms with van der Waals surface area (Å²) in [4.78, 5) is 22.6. The van der Waals surface area contributed by atoms with Gasteiger partial charge in [-0.1, -0.05) is 13.3 Å². The highest BCUT2D eigenvalue weighted by molar-refractivity contribution is 5.86. The average Bonchev–Trinajstić information content (AvgIpc) is 2.26. The Balaban J connectivity index is 4.90. The van der Waals surface area contributed by atoms with E-state index in [9.17, 15) is 9.59 Å². The van der Waals surface area contributed by atoms with Gasteiger partial charge in [0.15, 0.2) is 5.41 Å². The minimum Gasteiger partial charge on any atom is -0.469 e. The predicted molar refractivity (Wildman–Crippen MR) is 51.6 cm³/mol. The maximum atomic E-state index is 11.5. The SMILES string of the molecule is CCCC(C#N)(CC(=O)OC)C(=O)OC. The minimum atomic E-state index is -1.41. The summed E-state index contributed by atoms with van der Waals surface area (Å²) >= 11 is 0. The number of nitriles is 1. The van der Waals surface area contributed by atoms with Gasteiger partial charge in [0, 0.05) is 0 Å².